The highest BCUT2D eigenvalue weighted by atomic mass is 32.1. The zero-order valence-electron chi connectivity index (χ0n) is 10.5. The van der Waals surface area contributed by atoms with Crippen LogP contribution in [0.15, 0.2) is 64.8 Å². The van der Waals surface area contributed by atoms with Crippen LogP contribution in [0.5, 0.6) is 0 Å². The quantitative estimate of drug-likeness (QED) is 0.533. The summed E-state index contributed by atoms with van der Waals surface area (Å²) in [5, 5.41) is 7.45. The van der Waals surface area contributed by atoms with Crippen LogP contribution in [0.3, 0.4) is 0 Å². The van der Waals surface area contributed by atoms with Gasteiger partial charge in [0.15, 0.2) is 0 Å². The number of rotatable bonds is 1. The second-order valence-corrected chi connectivity index (χ2v) is 5.46. The lowest BCUT2D eigenvalue weighted by molar-refractivity contribution is 0.859. The zero-order chi connectivity index (χ0) is 13.5. The molecule has 0 spiro atoms. The lowest BCUT2D eigenvalue weighted by Crippen LogP contribution is -2.13. The van der Waals surface area contributed by atoms with Crippen LogP contribution >= 0.6 is 11.3 Å². The van der Waals surface area contributed by atoms with Crippen molar-refractivity contribution in [1.29, 1.82) is 0 Å². The first-order valence-electron chi connectivity index (χ1n) is 6.29. The maximum absolute atomic E-state index is 12.5. The molecule has 0 unspecified atom stereocenters. The molecule has 0 saturated carbocycles. The van der Waals surface area contributed by atoms with Crippen molar-refractivity contribution in [3.05, 3.63) is 70.3 Å². The minimum absolute atomic E-state index is 0.0618. The van der Waals surface area contributed by atoms with Gasteiger partial charge in [0.1, 0.15) is 5.69 Å². The van der Waals surface area contributed by atoms with Crippen LogP contribution in [0.25, 0.3) is 27.0 Å². The van der Waals surface area contributed by atoms with Crippen LogP contribution in [-0.4, -0.2) is 9.78 Å². The van der Waals surface area contributed by atoms with Gasteiger partial charge in [0.05, 0.1) is 11.3 Å². The Morgan fingerprint density at radius 1 is 0.950 bits per heavy atom. The summed E-state index contributed by atoms with van der Waals surface area (Å²) < 4.78 is 2.61. The largest absolute Gasteiger partial charge is 0.281 e. The molecule has 96 valence electrons. The monoisotopic (exact) mass is 278 g/mol. The molecule has 0 amide bonds. The van der Waals surface area contributed by atoms with E-state index in [4.69, 9.17) is 0 Å². The van der Waals surface area contributed by atoms with Crippen molar-refractivity contribution < 1.29 is 0 Å². The van der Waals surface area contributed by atoms with Gasteiger partial charge in [0, 0.05) is 15.5 Å². The maximum Gasteiger partial charge on any atom is 0.281 e. The molecule has 0 N–H and O–H groups in total. The predicted octanol–water partition coefficient (Wildman–Crippen LogP) is 3.55. The van der Waals surface area contributed by atoms with Crippen molar-refractivity contribution in [2.24, 2.45) is 0 Å². The molecule has 0 fully saturated rings. The SMILES string of the molecule is O=c1c2csc3ccccc3c-2nn1-c1ccccc1. The molecule has 2 aromatic rings. The van der Waals surface area contributed by atoms with E-state index in [9.17, 15) is 4.79 Å². The highest BCUT2D eigenvalue weighted by Crippen LogP contribution is 2.30. The normalized spacial score (nSPS) is 11.2. The number of benzene rings is 2. The van der Waals surface area contributed by atoms with Crippen molar-refractivity contribution in [2.75, 3.05) is 0 Å². The first kappa shape index (κ1) is 11.4. The Hall–Kier alpha value is -2.46. The van der Waals surface area contributed by atoms with E-state index in [1.165, 1.54) is 4.68 Å². The molecule has 0 aliphatic carbocycles. The van der Waals surface area contributed by atoms with Gasteiger partial charge in [-0.05, 0) is 18.2 Å². The summed E-state index contributed by atoms with van der Waals surface area (Å²) in [5.74, 6) is 0. The van der Waals surface area contributed by atoms with Gasteiger partial charge in [0.25, 0.3) is 5.56 Å². The fraction of sp³-hybridized carbons (Fsp3) is 0. The van der Waals surface area contributed by atoms with Crippen LogP contribution in [-0.2, 0) is 0 Å². The summed E-state index contributed by atoms with van der Waals surface area (Å²) in [6.45, 7) is 0. The Bertz CT molecular complexity index is 924. The van der Waals surface area contributed by atoms with E-state index in [1.54, 1.807) is 11.3 Å². The van der Waals surface area contributed by atoms with E-state index in [2.05, 4.69) is 5.10 Å². The number of hydrogen-bond donors (Lipinski definition) is 0. The fourth-order valence-electron chi connectivity index (χ4n) is 2.35. The first-order valence-corrected chi connectivity index (χ1v) is 7.17. The fourth-order valence-corrected chi connectivity index (χ4v) is 3.26. The second-order valence-electron chi connectivity index (χ2n) is 4.55. The Balaban J connectivity index is 2.10. The average Bonchev–Trinajstić information content (AvgIpc) is 2.86. The molecule has 2 aromatic carbocycles. The van der Waals surface area contributed by atoms with E-state index in [0.717, 1.165) is 21.5 Å². The smallest absolute Gasteiger partial charge is 0.267 e. The molecular formula is C16H10N2OS. The van der Waals surface area contributed by atoms with Crippen LogP contribution in [0.2, 0.25) is 0 Å². The molecule has 2 heterocycles. The van der Waals surface area contributed by atoms with Gasteiger partial charge in [0.2, 0.25) is 0 Å². The molecule has 20 heavy (non-hydrogen) atoms. The Morgan fingerprint density at radius 2 is 1.70 bits per heavy atom. The number of fused-ring (bicyclic) bond motifs is 3. The van der Waals surface area contributed by atoms with Gasteiger partial charge >= 0.3 is 0 Å². The number of para-hydroxylation sites is 1. The summed E-state index contributed by atoms with van der Waals surface area (Å²) in [5.41, 5.74) is 2.18. The van der Waals surface area contributed by atoms with Crippen LogP contribution in [0.4, 0.5) is 0 Å². The van der Waals surface area contributed by atoms with Gasteiger partial charge < -0.3 is 0 Å². The van der Waals surface area contributed by atoms with Gasteiger partial charge in [-0.25, -0.2) is 0 Å². The average molecular weight is 278 g/mol. The Labute approximate surface area is 119 Å². The summed E-state index contributed by atoms with van der Waals surface area (Å²) in [4.78, 5) is 12.5. The van der Waals surface area contributed by atoms with E-state index >= 15 is 0 Å². The predicted molar refractivity (Wildman–Crippen MR) is 81.8 cm³/mol. The lowest BCUT2D eigenvalue weighted by atomic mass is 10.1. The highest BCUT2D eigenvalue weighted by Gasteiger charge is 2.18. The molecular weight excluding hydrogens is 268 g/mol. The minimum Gasteiger partial charge on any atom is -0.267 e. The summed E-state index contributed by atoms with van der Waals surface area (Å²) in [7, 11) is 0. The number of aromatic nitrogens is 2. The van der Waals surface area contributed by atoms with Crippen LogP contribution in [0.1, 0.15) is 0 Å². The standard InChI is InChI=1S/C16H10N2OS/c19-16-13-10-20-14-9-5-4-8-12(14)15(13)17-18(16)11-6-2-1-3-7-11/h1-10H. The molecule has 4 heteroatoms. The molecule has 3 nitrogen and oxygen atoms in total. The summed E-state index contributed by atoms with van der Waals surface area (Å²) in [6, 6.07) is 17.5. The zero-order valence-corrected chi connectivity index (χ0v) is 11.3. The number of nitrogens with zero attached hydrogens (tertiary/aromatic N) is 2. The molecule has 0 saturated heterocycles. The molecule has 0 bridgehead atoms. The summed E-state index contributed by atoms with van der Waals surface area (Å²) >= 11 is 1.58. The van der Waals surface area contributed by atoms with Crippen molar-refractivity contribution in [3.63, 3.8) is 0 Å². The summed E-state index contributed by atoms with van der Waals surface area (Å²) in [6.07, 6.45) is 0. The Kier molecular flexibility index (Phi) is 2.44. The van der Waals surface area contributed by atoms with E-state index < -0.39 is 0 Å². The minimum atomic E-state index is -0.0618. The van der Waals surface area contributed by atoms with Gasteiger partial charge in [-0.2, -0.15) is 9.78 Å². The van der Waals surface area contributed by atoms with E-state index in [1.807, 2.05) is 60.0 Å². The molecule has 0 aromatic heterocycles. The van der Waals surface area contributed by atoms with Crippen molar-refractivity contribution >= 4 is 21.4 Å². The van der Waals surface area contributed by atoms with Gasteiger partial charge in [-0.3, -0.25) is 4.79 Å². The highest BCUT2D eigenvalue weighted by molar-refractivity contribution is 7.17. The van der Waals surface area contributed by atoms with Gasteiger partial charge in [-0.1, -0.05) is 36.4 Å². The second kappa shape index (κ2) is 4.28. The van der Waals surface area contributed by atoms with Crippen LogP contribution in [0, 0.1) is 0 Å². The third-order valence-corrected chi connectivity index (χ3v) is 4.29. The topological polar surface area (TPSA) is 34.9 Å². The van der Waals surface area contributed by atoms with Crippen molar-refractivity contribution in [2.45, 2.75) is 0 Å². The molecule has 2 aliphatic heterocycles. The van der Waals surface area contributed by atoms with Crippen molar-refractivity contribution in [1.82, 2.24) is 9.78 Å². The third-order valence-electron chi connectivity index (χ3n) is 3.32. The third kappa shape index (κ3) is 1.58. The molecule has 2 aliphatic rings. The number of hydrogen-bond acceptors (Lipinski definition) is 3. The van der Waals surface area contributed by atoms with E-state index in [0.29, 0.717) is 5.56 Å². The molecule has 0 radical (unpaired) electrons. The molecule has 4 rings (SSSR count). The maximum atomic E-state index is 12.5. The Morgan fingerprint density at radius 3 is 2.55 bits per heavy atom. The van der Waals surface area contributed by atoms with E-state index in [-0.39, 0.29) is 5.56 Å². The van der Waals surface area contributed by atoms with Gasteiger partial charge in [-0.15, -0.1) is 11.3 Å². The molecule has 0 atom stereocenters. The van der Waals surface area contributed by atoms with Crippen LogP contribution < -0.4 is 5.56 Å². The van der Waals surface area contributed by atoms with Crippen molar-refractivity contribution in [3.8, 4) is 16.9 Å². The first-order chi connectivity index (χ1) is 9.84. The lowest BCUT2D eigenvalue weighted by Gasteiger charge is -1.99.